The first-order valence-corrected chi connectivity index (χ1v) is 7.72. The summed E-state index contributed by atoms with van der Waals surface area (Å²) >= 11 is 6.06. The van der Waals surface area contributed by atoms with Crippen LogP contribution in [0.25, 0.3) is 5.69 Å². The second-order valence-corrected chi connectivity index (χ2v) is 5.60. The zero-order chi connectivity index (χ0) is 17.3. The number of benzene rings is 1. The molecule has 3 aromatic rings. The number of nitrogens with zero attached hydrogens (tertiary/aromatic N) is 4. The molecule has 0 aliphatic heterocycles. The molecule has 0 bridgehead atoms. The van der Waals surface area contributed by atoms with Crippen LogP contribution in [0.15, 0.2) is 36.5 Å². The third-order valence-electron chi connectivity index (χ3n) is 3.40. The van der Waals surface area contributed by atoms with Crippen molar-refractivity contribution < 1.29 is 9.18 Å². The van der Waals surface area contributed by atoms with Gasteiger partial charge in [0.2, 0.25) is 0 Å². The Morgan fingerprint density at radius 2 is 2.00 bits per heavy atom. The molecule has 1 N–H and O–H groups in total. The molecular weight excluding hydrogens is 333 g/mol. The lowest BCUT2D eigenvalue weighted by Gasteiger charge is -2.08. The van der Waals surface area contributed by atoms with Gasteiger partial charge in [0.15, 0.2) is 5.69 Å². The summed E-state index contributed by atoms with van der Waals surface area (Å²) in [5, 5.41) is 11.5. The summed E-state index contributed by atoms with van der Waals surface area (Å²) < 4.78 is 16.2. The predicted octanol–water partition coefficient (Wildman–Crippen LogP) is 3.44. The second-order valence-electron chi connectivity index (χ2n) is 5.19. The molecule has 8 heteroatoms. The van der Waals surface area contributed by atoms with Crippen LogP contribution in [0, 0.1) is 12.7 Å². The SMILES string of the molecule is CCn1cc(Cl)c(C(=O)Nc2cc(C)nn2-c2ccc(F)cc2)n1. The van der Waals surface area contributed by atoms with Crippen molar-refractivity contribution in [3.63, 3.8) is 0 Å². The minimum absolute atomic E-state index is 0.142. The summed E-state index contributed by atoms with van der Waals surface area (Å²) in [7, 11) is 0. The number of hydrogen-bond acceptors (Lipinski definition) is 3. The number of halogens is 2. The summed E-state index contributed by atoms with van der Waals surface area (Å²) in [6, 6.07) is 7.54. The molecule has 0 fully saturated rings. The quantitative estimate of drug-likeness (QED) is 0.786. The molecule has 0 saturated carbocycles. The Morgan fingerprint density at radius 1 is 1.29 bits per heavy atom. The van der Waals surface area contributed by atoms with E-state index in [0.29, 0.717) is 23.7 Å². The molecule has 0 aliphatic carbocycles. The van der Waals surface area contributed by atoms with Crippen molar-refractivity contribution in [2.45, 2.75) is 20.4 Å². The van der Waals surface area contributed by atoms with Crippen LogP contribution in [-0.2, 0) is 6.54 Å². The topological polar surface area (TPSA) is 64.7 Å². The average molecular weight is 348 g/mol. The Balaban J connectivity index is 1.91. The van der Waals surface area contributed by atoms with Gasteiger partial charge in [0.25, 0.3) is 5.91 Å². The highest BCUT2D eigenvalue weighted by Gasteiger charge is 2.18. The Hall–Kier alpha value is -2.67. The lowest BCUT2D eigenvalue weighted by Crippen LogP contribution is -2.16. The molecule has 2 aromatic heterocycles. The van der Waals surface area contributed by atoms with Gasteiger partial charge in [0.1, 0.15) is 11.6 Å². The van der Waals surface area contributed by atoms with Gasteiger partial charge in [0, 0.05) is 18.8 Å². The van der Waals surface area contributed by atoms with Crippen molar-refractivity contribution in [3.8, 4) is 5.69 Å². The summed E-state index contributed by atoms with van der Waals surface area (Å²) in [5.74, 6) is -0.327. The Kier molecular flexibility index (Phi) is 4.35. The zero-order valence-corrected chi connectivity index (χ0v) is 13.9. The maximum atomic E-state index is 13.1. The van der Waals surface area contributed by atoms with E-state index in [1.54, 1.807) is 36.0 Å². The summed E-state index contributed by atoms with van der Waals surface area (Å²) in [6.07, 6.45) is 1.60. The predicted molar refractivity (Wildman–Crippen MR) is 89.1 cm³/mol. The first-order chi connectivity index (χ1) is 11.5. The standard InChI is InChI=1S/C16H15ClFN5O/c1-3-22-9-13(17)15(21-22)16(24)19-14-8-10(2)20-23(14)12-6-4-11(18)5-7-12/h4-9H,3H2,1-2H3,(H,19,24). The van der Waals surface area contributed by atoms with E-state index in [2.05, 4.69) is 15.5 Å². The van der Waals surface area contributed by atoms with Crippen LogP contribution >= 0.6 is 11.6 Å². The van der Waals surface area contributed by atoms with Gasteiger partial charge in [0.05, 0.1) is 16.4 Å². The second kappa shape index (κ2) is 6.45. The minimum Gasteiger partial charge on any atom is -0.305 e. The molecular formula is C16H15ClFN5O. The van der Waals surface area contributed by atoms with Gasteiger partial charge in [-0.1, -0.05) is 11.6 Å². The zero-order valence-electron chi connectivity index (χ0n) is 13.1. The Labute approximate surface area is 142 Å². The highest BCUT2D eigenvalue weighted by molar-refractivity contribution is 6.34. The maximum absolute atomic E-state index is 13.1. The lowest BCUT2D eigenvalue weighted by molar-refractivity contribution is 0.102. The average Bonchev–Trinajstić information content (AvgIpc) is 3.10. The van der Waals surface area contributed by atoms with Crippen molar-refractivity contribution in [1.82, 2.24) is 19.6 Å². The van der Waals surface area contributed by atoms with Crippen molar-refractivity contribution in [2.75, 3.05) is 5.32 Å². The van der Waals surface area contributed by atoms with Crippen LogP contribution in [0.2, 0.25) is 5.02 Å². The van der Waals surface area contributed by atoms with E-state index >= 15 is 0 Å². The third-order valence-corrected chi connectivity index (χ3v) is 3.68. The smallest absolute Gasteiger partial charge is 0.278 e. The fourth-order valence-electron chi connectivity index (χ4n) is 2.26. The lowest BCUT2D eigenvalue weighted by atomic mass is 10.3. The van der Waals surface area contributed by atoms with E-state index in [9.17, 15) is 9.18 Å². The van der Waals surface area contributed by atoms with Gasteiger partial charge in [-0.25, -0.2) is 9.07 Å². The van der Waals surface area contributed by atoms with Gasteiger partial charge < -0.3 is 5.32 Å². The van der Waals surface area contributed by atoms with Gasteiger partial charge in [-0.2, -0.15) is 10.2 Å². The van der Waals surface area contributed by atoms with Crippen molar-refractivity contribution in [1.29, 1.82) is 0 Å². The number of nitrogens with one attached hydrogen (secondary N) is 1. The van der Waals surface area contributed by atoms with Crippen LogP contribution in [0.4, 0.5) is 10.2 Å². The molecule has 124 valence electrons. The van der Waals surface area contributed by atoms with Gasteiger partial charge in [-0.05, 0) is 38.1 Å². The molecule has 0 atom stereocenters. The highest BCUT2D eigenvalue weighted by Crippen LogP contribution is 2.20. The molecule has 3 rings (SSSR count). The van der Waals surface area contributed by atoms with Crippen LogP contribution in [0.5, 0.6) is 0 Å². The number of amides is 1. The number of aryl methyl sites for hydroxylation is 2. The molecule has 0 saturated heterocycles. The van der Waals surface area contributed by atoms with Gasteiger partial charge >= 0.3 is 0 Å². The molecule has 1 amide bonds. The van der Waals surface area contributed by atoms with Gasteiger partial charge in [-0.15, -0.1) is 0 Å². The summed E-state index contributed by atoms with van der Waals surface area (Å²) in [6.45, 7) is 4.31. The first kappa shape index (κ1) is 16.2. The third kappa shape index (κ3) is 3.16. The number of rotatable bonds is 4. The summed E-state index contributed by atoms with van der Waals surface area (Å²) in [5.41, 5.74) is 1.48. The van der Waals surface area contributed by atoms with Gasteiger partial charge in [-0.3, -0.25) is 9.48 Å². The molecule has 0 radical (unpaired) electrons. The molecule has 0 unspecified atom stereocenters. The van der Waals surface area contributed by atoms with Crippen molar-refractivity contribution in [3.05, 3.63) is 58.8 Å². The molecule has 24 heavy (non-hydrogen) atoms. The largest absolute Gasteiger partial charge is 0.305 e. The van der Waals surface area contributed by atoms with E-state index < -0.39 is 5.91 Å². The first-order valence-electron chi connectivity index (χ1n) is 7.35. The number of carbonyl (C=O) groups is 1. The molecule has 1 aromatic carbocycles. The van der Waals surface area contributed by atoms with Crippen LogP contribution in [0.1, 0.15) is 23.1 Å². The number of anilines is 1. The normalized spacial score (nSPS) is 10.8. The van der Waals surface area contributed by atoms with Crippen LogP contribution < -0.4 is 5.32 Å². The molecule has 0 spiro atoms. The fraction of sp³-hybridized carbons (Fsp3) is 0.188. The highest BCUT2D eigenvalue weighted by atomic mass is 35.5. The Morgan fingerprint density at radius 3 is 2.62 bits per heavy atom. The van der Waals surface area contributed by atoms with Crippen LogP contribution in [0.3, 0.4) is 0 Å². The number of aromatic nitrogens is 4. The minimum atomic E-state index is -0.435. The fourth-order valence-corrected chi connectivity index (χ4v) is 2.49. The van der Waals surface area contributed by atoms with E-state index in [0.717, 1.165) is 0 Å². The van der Waals surface area contributed by atoms with Crippen molar-refractivity contribution in [2.24, 2.45) is 0 Å². The monoisotopic (exact) mass is 347 g/mol. The summed E-state index contributed by atoms with van der Waals surface area (Å²) in [4.78, 5) is 12.4. The van der Waals surface area contributed by atoms with E-state index in [1.165, 1.54) is 16.8 Å². The molecule has 6 nitrogen and oxygen atoms in total. The Bertz CT molecular complexity index is 885. The number of hydrogen-bond donors (Lipinski definition) is 1. The van der Waals surface area contributed by atoms with E-state index in [1.807, 2.05) is 6.92 Å². The maximum Gasteiger partial charge on any atom is 0.278 e. The molecule has 0 aliphatic rings. The number of carbonyl (C=O) groups excluding carboxylic acids is 1. The van der Waals surface area contributed by atoms with E-state index in [-0.39, 0.29) is 16.5 Å². The van der Waals surface area contributed by atoms with Crippen molar-refractivity contribution >= 4 is 23.3 Å². The van der Waals surface area contributed by atoms with Crippen LogP contribution in [-0.4, -0.2) is 25.5 Å². The van der Waals surface area contributed by atoms with E-state index in [4.69, 9.17) is 11.6 Å². The molecule has 2 heterocycles.